The zero-order chi connectivity index (χ0) is 19.1. The molecule has 2 aliphatic rings. The van der Waals surface area contributed by atoms with E-state index in [0.717, 1.165) is 36.3 Å². The number of nitrogens with zero attached hydrogens (tertiary/aromatic N) is 3. The fourth-order valence-electron chi connectivity index (χ4n) is 3.71. The van der Waals surface area contributed by atoms with Crippen LogP contribution in [0.3, 0.4) is 0 Å². The number of carbonyl (C=O) groups is 2. The molecule has 0 spiro atoms. The molecule has 2 fully saturated rings. The summed E-state index contributed by atoms with van der Waals surface area (Å²) in [5, 5.41) is 0. The lowest BCUT2D eigenvalue weighted by Gasteiger charge is -2.22. The summed E-state index contributed by atoms with van der Waals surface area (Å²) in [6, 6.07) is 0. The number of esters is 1. The lowest BCUT2D eigenvalue weighted by atomic mass is 10.1. The maximum atomic E-state index is 14.9. The number of carbonyl (C=O) groups excluding carboxylic acids is 2. The number of rotatable bonds is 5. The molecule has 27 heavy (non-hydrogen) atoms. The molecule has 0 bridgehead atoms. The van der Waals surface area contributed by atoms with E-state index in [1.165, 1.54) is 0 Å². The van der Waals surface area contributed by atoms with Crippen molar-refractivity contribution in [1.82, 2.24) is 9.38 Å². The third-order valence-corrected chi connectivity index (χ3v) is 5.09. The van der Waals surface area contributed by atoms with Gasteiger partial charge >= 0.3 is 5.97 Å². The Morgan fingerprint density at radius 2 is 2.07 bits per heavy atom. The largest absolute Gasteiger partial charge is 0.461 e. The van der Waals surface area contributed by atoms with E-state index in [1.807, 2.05) is 4.90 Å². The summed E-state index contributed by atoms with van der Waals surface area (Å²) in [6.07, 6.45) is 5.18. The van der Waals surface area contributed by atoms with Crippen LogP contribution >= 0.6 is 0 Å². The summed E-state index contributed by atoms with van der Waals surface area (Å²) in [7, 11) is 0. The van der Waals surface area contributed by atoms with Gasteiger partial charge < -0.3 is 9.64 Å². The van der Waals surface area contributed by atoms with Crippen molar-refractivity contribution in [1.29, 1.82) is 0 Å². The van der Waals surface area contributed by atoms with Crippen LogP contribution in [0.15, 0.2) is 11.0 Å². The number of pyridine rings is 1. The molecule has 0 N–H and O–H groups in total. The van der Waals surface area contributed by atoms with E-state index < -0.39 is 17.3 Å². The molecule has 1 saturated carbocycles. The Kier molecular flexibility index (Phi) is 4.41. The summed E-state index contributed by atoms with van der Waals surface area (Å²) < 4.78 is 20.9. The molecular formula is C19H20FN3O4. The maximum Gasteiger partial charge on any atom is 0.362 e. The molecular weight excluding hydrogens is 353 g/mol. The number of fused-ring (bicyclic) bond motifs is 1. The molecule has 142 valence electrons. The van der Waals surface area contributed by atoms with Crippen LogP contribution in [0.25, 0.3) is 5.52 Å². The molecule has 1 aliphatic heterocycles. The number of aromatic nitrogens is 2. The zero-order valence-corrected chi connectivity index (χ0v) is 15.0. The van der Waals surface area contributed by atoms with Crippen molar-refractivity contribution in [2.45, 2.75) is 38.5 Å². The summed E-state index contributed by atoms with van der Waals surface area (Å²) in [6.45, 7) is 3.05. The second-order valence-corrected chi connectivity index (χ2v) is 6.92. The highest BCUT2D eigenvalue weighted by Crippen LogP contribution is 2.42. The number of aldehydes is 1. The summed E-state index contributed by atoms with van der Waals surface area (Å²) in [5.74, 6) is -1.45. The van der Waals surface area contributed by atoms with Crippen LogP contribution < -0.4 is 10.5 Å². The van der Waals surface area contributed by atoms with E-state index >= 15 is 0 Å². The number of ether oxygens (including phenoxy) is 1. The first-order valence-corrected chi connectivity index (χ1v) is 9.22. The molecule has 2 aromatic heterocycles. The topological polar surface area (TPSA) is 81.0 Å². The predicted octanol–water partition coefficient (Wildman–Crippen LogP) is 2.30. The van der Waals surface area contributed by atoms with E-state index in [0.29, 0.717) is 30.6 Å². The Balaban J connectivity index is 2.04. The highest BCUT2D eigenvalue weighted by Gasteiger charge is 2.33. The maximum absolute atomic E-state index is 14.9. The standard InChI is InChI=1S/C19H20FN3O4/c1-2-27-19(26)15-18(25)23-9-13(20)16(22-7-3-4-8-22)12(10-24)17(23)14(21-15)11-5-6-11/h9-11H,2-8H2,1H3. The second-order valence-electron chi connectivity index (χ2n) is 6.92. The normalized spacial score (nSPS) is 16.7. The first-order valence-electron chi connectivity index (χ1n) is 9.22. The van der Waals surface area contributed by atoms with Crippen LogP contribution in [-0.4, -0.2) is 41.3 Å². The van der Waals surface area contributed by atoms with E-state index in [9.17, 15) is 18.8 Å². The average Bonchev–Trinajstić information content (AvgIpc) is 3.36. The minimum absolute atomic E-state index is 0.0457. The lowest BCUT2D eigenvalue weighted by Crippen LogP contribution is -2.29. The Labute approximate surface area is 154 Å². The van der Waals surface area contributed by atoms with Crippen molar-refractivity contribution >= 4 is 23.5 Å². The third-order valence-electron chi connectivity index (χ3n) is 5.09. The van der Waals surface area contributed by atoms with Crippen LogP contribution in [0.1, 0.15) is 65.1 Å². The Bertz CT molecular complexity index is 991. The third kappa shape index (κ3) is 2.89. The van der Waals surface area contributed by atoms with Crippen molar-refractivity contribution in [3.8, 4) is 0 Å². The number of hydrogen-bond acceptors (Lipinski definition) is 6. The molecule has 1 aliphatic carbocycles. The minimum Gasteiger partial charge on any atom is -0.461 e. The molecule has 0 aromatic carbocycles. The smallest absolute Gasteiger partial charge is 0.362 e. The molecule has 2 aromatic rings. The van der Waals surface area contributed by atoms with Crippen molar-refractivity contribution in [2.24, 2.45) is 0 Å². The highest BCUT2D eigenvalue weighted by atomic mass is 19.1. The highest BCUT2D eigenvalue weighted by molar-refractivity contribution is 5.96. The van der Waals surface area contributed by atoms with Crippen LogP contribution in [0.5, 0.6) is 0 Å². The van der Waals surface area contributed by atoms with Gasteiger partial charge in [0.1, 0.15) is 0 Å². The Morgan fingerprint density at radius 3 is 2.67 bits per heavy atom. The van der Waals surface area contributed by atoms with Crippen molar-refractivity contribution in [3.63, 3.8) is 0 Å². The van der Waals surface area contributed by atoms with Gasteiger partial charge in [0.25, 0.3) is 5.56 Å². The van der Waals surface area contributed by atoms with E-state index in [-0.39, 0.29) is 29.5 Å². The van der Waals surface area contributed by atoms with Crippen LogP contribution in [0.2, 0.25) is 0 Å². The van der Waals surface area contributed by atoms with Gasteiger partial charge in [0.05, 0.1) is 35.3 Å². The van der Waals surface area contributed by atoms with E-state index in [2.05, 4.69) is 4.98 Å². The Hall–Kier alpha value is -2.77. The van der Waals surface area contributed by atoms with E-state index in [1.54, 1.807) is 6.92 Å². The summed E-state index contributed by atoms with van der Waals surface area (Å²) >= 11 is 0. The number of anilines is 1. The fourth-order valence-corrected chi connectivity index (χ4v) is 3.71. The van der Waals surface area contributed by atoms with Crippen LogP contribution in [0.4, 0.5) is 10.1 Å². The lowest BCUT2D eigenvalue weighted by molar-refractivity contribution is 0.0516. The van der Waals surface area contributed by atoms with Crippen LogP contribution in [-0.2, 0) is 4.74 Å². The van der Waals surface area contributed by atoms with Gasteiger partial charge in [0, 0.05) is 19.0 Å². The Morgan fingerprint density at radius 1 is 1.37 bits per heavy atom. The summed E-state index contributed by atoms with van der Waals surface area (Å²) in [4.78, 5) is 43.0. The van der Waals surface area contributed by atoms with Crippen LogP contribution in [0, 0.1) is 5.82 Å². The average molecular weight is 373 g/mol. The number of hydrogen-bond donors (Lipinski definition) is 0. The van der Waals surface area contributed by atoms with Gasteiger partial charge in [-0.25, -0.2) is 14.2 Å². The van der Waals surface area contributed by atoms with Gasteiger partial charge in [-0.1, -0.05) is 0 Å². The molecule has 0 unspecified atom stereocenters. The van der Waals surface area contributed by atoms with Crippen molar-refractivity contribution < 1.29 is 18.7 Å². The molecule has 0 atom stereocenters. The molecule has 4 rings (SSSR count). The molecule has 8 heteroatoms. The van der Waals surface area contributed by atoms with Gasteiger partial charge in [0.2, 0.25) is 5.69 Å². The second kappa shape index (κ2) is 6.75. The molecule has 0 radical (unpaired) electrons. The van der Waals surface area contributed by atoms with Gasteiger partial charge in [-0.05, 0) is 32.6 Å². The van der Waals surface area contributed by atoms with Crippen molar-refractivity contribution in [3.05, 3.63) is 39.3 Å². The summed E-state index contributed by atoms with van der Waals surface area (Å²) in [5.41, 5.74) is -0.0217. The van der Waals surface area contributed by atoms with Gasteiger partial charge in [-0.15, -0.1) is 0 Å². The van der Waals surface area contributed by atoms with Gasteiger partial charge in [0.15, 0.2) is 12.1 Å². The first-order chi connectivity index (χ1) is 13.1. The van der Waals surface area contributed by atoms with Gasteiger partial charge in [-0.2, -0.15) is 0 Å². The van der Waals surface area contributed by atoms with Crippen molar-refractivity contribution in [2.75, 3.05) is 24.6 Å². The monoisotopic (exact) mass is 373 g/mol. The minimum atomic E-state index is -0.838. The first kappa shape index (κ1) is 17.6. The molecule has 1 saturated heterocycles. The zero-order valence-electron chi connectivity index (χ0n) is 15.0. The molecule has 7 nitrogen and oxygen atoms in total. The molecule has 0 amide bonds. The molecule has 3 heterocycles. The van der Waals surface area contributed by atoms with Gasteiger partial charge in [-0.3, -0.25) is 14.0 Å². The quantitative estimate of drug-likeness (QED) is 0.591. The number of halogens is 1. The van der Waals surface area contributed by atoms with E-state index in [4.69, 9.17) is 4.74 Å². The predicted molar refractivity (Wildman–Crippen MR) is 96.2 cm³/mol. The fraction of sp³-hybridized carbons (Fsp3) is 0.474. The SMILES string of the molecule is CCOC(=O)c1nc(C2CC2)c2c(C=O)c(N3CCCC3)c(F)cn2c1=O.